The second-order valence-electron chi connectivity index (χ2n) is 5.34. The molecule has 0 aliphatic heterocycles. The Kier molecular flexibility index (Phi) is 4.48. The molecule has 1 amide bonds. The highest BCUT2D eigenvalue weighted by Crippen LogP contribution is 2.30. The highest BCUT2D eigenvalue weighted by atomic mass is 32.1. The number of carbonyl (C=O) groups is 1. The summed E-state index contributed by atoms with van der Waals surface area (Å²) in [5.41, 5.74) is 5.54. The second kappa shape index (κ2) is 6.71. The van der Waals surface area contributed by atoms with Crippen molar-refractivity contribution in [2.45, 2.75) is 19.8 Å². The van der Waals surface area contributed by atoms with Gasteiger partial charge in [-0.05, 0) is 36.8 Å². The van der Waals surface area contributed by atoms with Crippen LogP contribution in [0, 0.1) is 6.92 Å². The summed E-state index contributed by atoms with van der Waals surface area (Å²) < 4.78 is 0. The van der Waals surface area contributed by atoms with Crippen molar-refractivity contribution in [2.75, 3.05) is 5.32 Å². The Balaban J connectivity index is 1.72. The second-order valence-corrected chi connectivity index (χ2v) is 6.22. The van der Waals surface area contributed by atoms with E-state index < -0.39 is 0 Å². The lowest BCUT2D eigenvalue weighted by Crippen LogP contribution is -2.11. The van der Waals surface area contributed by atoms with E-state index in [0.29, 0.717) is 11.5 Å². The molecule has 0 saturated carbocycles. The van der Waals surface area contributed by atoms with Gasteiger partial charge in [-0.3, -0.25) is 9.78 Å². The van der Waals surface area contributed by atoms with E-state index in [-0.39, 0.29) is 5.91 Å². The normalized spacial score (nSPS) is 11.9. The Morgan fingerprint density at radius 2 is 1.83 bits per heavy atom. The SMILES string of the molecule is Cc1ncsc1[C@H](C)c1ccc(NC(=O)c2ccncc2)cc1. The molecule has 2 heterocycles. The molecule has 0 saturated heterocycles. The maximum Gasteiger partial charge on any atom is 0.255 e. The summed E-state index contributed by atoms with van der Waals surface area (Å²) in [7, 11) is 0. The van der Waals surface area contributed by atoms with Crippen molar-refractivity contribution in [3.8, 4) is 0 Å². The number of aromatic nitrogens is 2. The van der Waals surface area contributed by atoms with Crippen LogP contribution in [0.5, 0.6) is 0 Å². The van der Waals surface area contributed by atoms with Crippen molar-refractivity contribution in [3.05, 3.63) is 76.0 Å². The molecule has 1 aromatic carbocycles. The Hall–Kier alpha value is -2.53. The maximum absolute atomic E-state index is 12.1. The number of nitrogens with one attached hydrogen (secondary N) is 1. The predicted octanol–water partition coefficient (Wildman–Crippen LogP) is 4.25. The number of pyridine rings is 1. The largest absolute Gasteiger partial charge is 0.322 e. The summed E-state index contributed by atoms with van der Waals surface area (Å²) >= 11 is 1.68. The quantitative estimate of drug-likeness (QED) is 0.781. The smallest absolute Gasteiger partial charge is 0.255 e. The van der Waals surface area contributed by atoms with Crippen molar-refractivity contribution in [1.29, 1.82) is 0 Å². The zero-order valence-corrected chi connectivity index (χ0v) is 13.8. The van der Waals surface area contributed by atoms with E-state index in [4.69, 9.17) is 0 Å². The monoisotopic (exact) mass is 323 g/mol. The number of aryl methyl sites for hydroxylation is 1. The van der Waals surface area contributed by atoms with Gasteiger partial charge in [0, 0.05) is 34.4 Å². The van der Waals surface area contributed by atoms with E-state index in [9.17, 15) is 4.79 Å². The molecule has 0 unspecified atom stereocenters. The molecule has 0 bridgehead atoms. The average Bonchev–Trinajstić information content (AvgIpc) is 3.02. The Labute approximate surface area is 139 Å². The predicted molar refractivity (Wildman–Crippen MR) is 93.0 cm³/mol. The Bertz CT molecular complexity index is 797. The lowest BCUT2D eigenvalue weighted by Gasteiger charge is -2.12. The molecule has 0 radical (unpaired) electrons. The number of hydrogen-bond donors (Lipinski definition) is 1. The number of thiazole rings is 1. The lowest BCUT2D eigenvalue weighted by molar-refractivity contribution is 0.102. The molecule has 116 valence electrons. The van der Waals surface area contributed by atoms with Crippen molar-refractivity contribution in [1.82, 2.24) is 9.97 Å². The number of rotatable bonds is 4. The van der Waals surface area contributed by atoms with E-state index in [2.05, 4.69) is 22.2 Å². The zero-order valence-electron chi connectivity index (χ0n) is 13.0. The van der Waals surface area contributed by atoms with Gasteiger partial charge in [0.15, 0.2) is 0 Å². The van der Waals surface area contributed by atoms with Crippen LogP contribution in [0.3, 0.4) is 0 Å². The fourth-order valence-electron chi connectivity index (χ4n) is 2.44. The first-order valence-corrected chi connectivity index (χ1v) is 8.24. The van der Waals surface area contributed by atoms with Crippen LogP contribution in [-0.2, 0) is 0 Å². The van der Waals surface area contributed by atoms with Crippen molar-refractivity contribution < 1.29 is 4.79 Å². The first-order chi connectivity index (χ1) is 11.1. The van der Waals surface area contributed by atoms with Crippen molar-refractivity contribution in [2.24, 2.45) is 0 Å². The molecule has 0 fully saturated rings. The van der Waals surface area contributed by atoms with Crippen LogP contribution in [0.25, 0.3) is 0 Å². The van der Waals surface area contributed by atoms with Gasteiger partial charge in [-0.1, -0.05) is 19.1 Å². The number of benzene rings is 1. The minimum atomic E-state index is -0.133. The number of carbonyl (C=O) groups excluding carboxylic acids is 1. The van der Waals surface area contributed by atoms with Gasteiger partial charge in [0.25, 0.3) is 5.91 Å². The van der Waals surface area contributed by atoms with Gasteiger partial charge in [-0.2, -0.15) is 0 Å². The van der Waals surface area contributed by atoms with E-state index in [1.807, 2.05) is 36.7 Å². The topological polar surface area (TPSA) is 54.9 Å². The van der Waals surface area contributed by atoms with Gasteiger partial charge < -0.3 is 5.32 Å². The lowest BCUT2D eigenvalue weighted by atomic mass is 9.98. The first-order valence-electron chi connectivity index (χ1n) is 7.36. The van der Waals surface area contributed by atoms with Crippen LogP contribution in [0.2, 0.25) is 0 Å². The molecule has 4 nitrogen and oxygen atoms in total. The molecule has 2 aromatic heterocycles. The fourth-order valence-corrected chi connectivity index (χ4v) is 3.33. The first kappa shape index (κ1) is 15.4. The van der Waals surface area contributed by atoms with Crippen LogP contribution in [0.1, 0.15) is 39.3 Å². The molecule has 23 heavy (non-hydrogen) atoms. The van der Waals surface area contributed by atoms with Gasteiger partial charge in [0.05, 0.1) is 11.2 Å². The van der Waals surface area contributed by atoms with E-state index >= 15 is 0 Å². The highest BCUT2D eigenvalue weighted by Gasteiger charge is 2.13. The summed E-state index contributed by atoms with van der Waals surface area (Å²) in [5, 5.41) is 2.89. The summed E-state index contributed by atoms with van der Waals surface area (Å²) in [4.78, 5) is 21.6. The van der Waals surface area contributed by atoms with Crippen LogP contribution in [0.4, 0.5) is 5.69 Å². The average molecular weight is 323 g/mol. The molecule has 1 N–H and O–H groups in total. The molecule has 3 rings (SSSR count). The maximum atomic E-state index is 12.1. The molecule has 0 aliphatic rings. The van der Waals surface area contributed by atoms with E-state index in [1.54, 1.807) is 35.9 Å². The number of nitrogens with zero attached hydrogens (tertiary/aromatic N) is 2. The number of anilines is 1. The van der Waals surface area contributed by atoms with Crippen LogP contribution < -0.4 is 5.32 Å². The van der Waals surface area contributed by atoms with Gasteiger partial charge in [0.2, 0.25) is 0 Å². The Morgan fingerprint density at radius 1 is 1.13 bits per heavy atom. The molecule has 5 heteroatoms. The minimum absolute atomic E-state index is 0.133. The summed E-state index contributed by atoms with van der Waals surface area (Å²) in [5.74, 6) is 0.166. The summed E-state index contributed by atoms with van der Waals surface area (Å²) in [6.45, 7) is 4.21. The molecular formula is C18H17N3OS. The number of amides is 1. The van der Waals surface area contributed by atoms with Gasteiger partial charge in [-0.25, -0.2) is 4.98 Å². The van der Waals surface area contributed by atoms with Gasteiger partial charge >= 0.3 is 0 Å². The molecule has 1 atom stereocenters. The molecular weight excluding hydrogens is 306 g/mol. The summed E-state index contributed by atoms with van der Waals surface area (Å²) in [6.07, 6.45) is 3.22. The molecule has 3 aromatic rings. The van der Waals surface area contributed by atoms with Crippen LogP contribution >= 0.6 is 11.3 Å². The fraction of sp³-hybridized carbons (Fsp3) is 0.167. The van der Waals surface area contributed by atoms with Gasteiger partial charge in [0.1, 0.15) is 0 Å². The van der Waals surface area contributed by atoms with Crippen molar-refractivity contribution in [3.63, 3.8) is 0 Å². The third-order valence-electron chi connectivity index (χ3n) is 3.79. The van der Waals surface area contributed by atoms with Gasteiger partial charge in [-0.15, -0.1) is 11.3 Å². The Morgan fingerprint density at radius 3 is 2.43 bits per heavy atom. The molecule has 0 aliphatic carbocycles. The third-order valence-corrected chi connectivity index (χ3v) is 4.90. The zero-order chi connectivity index (χ0) is 16.2. The highest BCUT2D eigenvalue weighted by molar-refractivity contribution is 7.09. The van der Waals surface area contributed by atoms with E-state index in [1.165, 1.54) is 10.4 Å². The van der Waals surface area contributed by atoms with E-state index in [0.717, 1.165) is 11.4 Å². The van der Waals surface area contributed by atoms with Crippen molar-refractivity contribution >= 4 is 22.9 Å². The minimum Gasteiger partial charge on any atom is -0.322 e. The third kappa shape index (κ3) is 3.46. The molecule has 0 spiro atoms. The standard InChI is InChI=1S/C18H17N3OS/c1-12(17-13(2)20-11-23-17)14-3-5-16(6-4-14)21-18(22)15-7-9-19-10-8-15/h3-12H,1-2H3,(H,21,22)/t12-/m1/s1. The van der Waals surface area contributed by atoms with Crippen LogP contribution in [-0.4, -0.2) is 15.9 Å². The van der Waals surface area contributed by atoms with Crippen LogP contribution in [0.15, 0.2) is 54.3 Å². The number of hydrogen-bond acceptors (Lipinski definition) is 4. The summed E-state index contributed by atoms with van der Waals surface area (Å²) in [6, 6.07) is 11.3.